The number of hydrazine groups is 2. The molecule has 12 heteroatoms. The maximum Gasteiger partial charge on any atom is 0.413 e. The number of nitrogens with one attached hydrogen (secondary N) is 4. The first-order valence-electron chi connectivity index (χ1n) is 13.9. The maximum absolute atomic E-state index is 14.0. The minimum atomic E-state index is -4.39. The zero-order valence-corrected chi connectivity index (χ0v) is 25.0. The number of benzene rings is 2. The molecule has 0 bridgehead atoms. The van der Waals surface area contributed by atoms with Gasteiger partial charge in [0.25, 0.3) is 0 Å². The molecule has 4 aromatic rings. The molecule has 1 atom stereocenters. The van der Waals surface area contributed by atoms with Gasteiger partial charge in [0.05, 0.1) is 45.2 Å². The molecule has 3 heterocycles. The van der Waals surface area contributed by atoms with Crippen LogP contribution in [0.5, 0.6) is 0 Å². The lowest BCUT2D eigenvalue weighted by atomic mass is 9.96. The van der Waals surface area contributed by atoms with Crippen LogP contribution >= 0.6 is 11.6 Å². The van der Waals surface area contributed by atoms with Gasteiger partial charge in [-0.1, -0.05) is 56.5 Å². The fourth-order valence-electron chi connectivity index (χ4n) is 5.47. The molecule has 1 fully saturated rings. The summed E-state index contributed by atoms with van der Waals surface area (Å²) in [5.74, 6) is 2.71. The van der Waals surface area contributed by atoms with Crippen LogP contribution in [0.2, 0.25) is 5.02 Å². The number of pyridine rings is 1. The van der Waals surface area contributed by atoms with Crippen molar-refractivity contribution in [2.75, 3.05) is 17.2 Å². The van der Waals surface area contributed by atoms with E-state index in [2.05, 4.69) is 58.4 Å². The molecule has 0 radical (unpaired) electrons. The Morgan fingerprint density at radius 1 is 1.19 bits per heavy atom. The van der Waals surface area contributed by atoms with Gasteiger partial charge < -0.3 is 16.1 Å². The van der Waals surface area contributed by atoms with E-state index < -0.39 is 17.8 Å². The second-order valence-corrected chi connectivity index (χ2v) is 12.7. The van der Waals surface area contributed by atoms with Crippen LogP contribution < -0.4 is 21.6 Å². The van der Waals surface area contributed by atoms with E-state index in [-0.39, 0.29) is 18.3 Å². The van der Waals surface area contributed by atoms with Crippen molar-refractivity contribution >= 4 is 44.8 Å². The molecule has 8 nitrogen and oxygen atoms in total. The Labute approximate surface area is 252 Å². The normalized spacial score (nSPS) is 17.0. The Hall–Kier alpha value is -4.14. The smallest absolute Gasteiger partial charge is 0.383 e. The number of fused-ring (bicyclic) bond motifs is 2. The van der Waals surface area contributed by atoms with E-state index in [1.54, 1.807) is 23.1 Å². The summed E-state index contributed by atoms with van der Waals surface area (Å²) in [5, 5.41) is 14.6. The molecular formula is C31H32ClF3N8. The number of alkyl halides is 3. The van der Waals surface area contributed by atoms with Crippen LogP contribution in [0.15, 0.2) is 54.6 Å². The number of hydrogen-bond acceptors (Lipinski definition) is 7. The third-order valence-electron chi connectivity index (χ3n) is 7.90. The highest BCUT2D eigenvalue weighted by molar-refractivity contribution is 6.35. The SMILES string of the molecule is C#Cc1cnc2c(Cl)cc(N[C@H](C3=CN(C4(C(F)(F)F)CC4)NN3)c3cccc4cnn(C)c34)cc2c1NCC(C)(C)C. The number of aromatic nitrogens is 3. The standard InChI is InChI=1S/C31H32ClF3N8/c1-6-18-14-36-26-22(25(18)37-17-29(2,3)4)12-20(13-23(26)32)39-27(21-9-7-8-19-15-38-42(5)28(19)21)24-16-43(41-40-24)30(10-11-30)31(33,34)35/h1,7-9,12-16,27,39-41H,10-11,17H2,2-5H3,(H,36,37)/t27-/m0/s1. The Morgan fingerprint density at radius 3 is 2.63 bits per heavy atom. The van der Waals surface area contributed by atoms with E-state index in [1.807, 2.05) is 31.3 Å². The number of hydrogen-bond donors (Lipinski definition) is 4. The summed E-state index contributed by atoms with van der Waals surface area (Å²) < 4.78 is 43.7. The summed E-state index contributed by atoms with van der Waals surface area (Å²) >= 11 is 6.78. The summed E-state index contributed by atoms with van der Waals surface area (Å²) in [4.78, 5) is 4.52. The number of halogens is 4. The second-order valence-electron chi connectivity index (χ2n) is 12.3. The molecule has 0 amide bonds. The number of nitrogens with zero attached hydrogens (tertiary/aromatic N) is 4. The summed E-state index contributed by atoms with van der Waals surface area (Å²) in [7, 11) is 1.83. The largest absolute Gasteiger partial charge is 0.413 e. The molecule has 2 aliphatic rings. The molecule has 1 aliphatic heterocycles. The van der Waals surface area contributed by atoms with Crippen molar-refractivity contribution in [1.29, 1.82) is 0 Å². The van der Waals surface area contributed by atoms with Gasteiger partial charge in [-0.05, 0) is 30.4 Å². The Balaban J connectivity index is 1.47. The van der Waals surface area contributed by atoms with Crippen LogP contribution in [0.1, 0.15) is 50.8 Å². The van der Waals surface area contributed by atoms with E-state index in [0.29, 0.717) is 34.0 Å². The van der Waals surface area contributed by atoms with Crippen LogP contribution in [-0.2, 0) is 7.05 Å². The van der Waals surface area contributed by atoms with Gasteiger partial charge in [-0.2, -0.15) is 18.3 Å². The maximum atomic E-state index is 14.0. The van der Waals surface area contributed by atoms with Crippen LogP contribution in [0, 0.1) is 17.8 Å². The van der Waals surface area contributed by atoms with Crippen molar-refractivity contribution in [3.8, 4) is 12.3 Å². The summed E-state index contributed by atoms with van der Waals surface area (Å²) in [6, 6.07) is 8.84. The topological polar surface area (TPSA) is 82.1 Å². The fraction of sp³-hybridized carbons (Fsp3) is 0.355. The van der Waals surface area contributed by atoms with Gasteiger partial charge in [-0.25, -0.2) is 0 Å². The predicted octanol–water partition coefficient (Wildman–Crippen LogP) is 6.63. The summed E-state index contributed by atoms with van der Waals surface area (Å²) in [6.07, 6.45) is 6.36. The molecule has 224 valence electrons. The number of terminal acetylenes is 1. The van der Waals surface area contributed by atoms with Crippen molar-refractivity contribution in [3.63, 3.8) is 0 Å². The molecule has 0 unspecified atom stereocenters. The van der Waals surface area contributed by atoms with Crippen LogP contribution in [0.3, 0.4) is 0 Å². The van der Waals surface area contributed by atoms with Gasteiger partial charge in [0, 0.05) is 48.0 Å². The van der Waals surface area contributed by atoms with E-state index in [4.69, 9.17) is 18.0 Å². The Bertz CT molecular complexity index is 1790. The summed E-state index contributed by atoms with van der Waals surface area (Å²) in [6.45, 7) is 7.01. The highest BCUT2D eigenvalue weighted by Crippen LogP contribution is 2.54. The van der Waals surface area contributed by atoms with Crippen LogP contribution in [0.4, 0.5) is 24.5 Å². The third-order valence-corrected chi connectivity index (χ3v) is 8.19. The quantitative estimate of drug-likeness (QED) is 0.175. The minimum absolute atomic E-state index is 0.0134. The van der Waals surface area contributed by atoms with Crippen molar-refractivity contribution in [3.05, 3.63) is 70.8 Å². The minimum Gasteiger partial charge on any atom is -0.383 e. The van der Waals surface area contributed by atoms with Crippen LogP contribution in [-0.4, -0.2) is 38.0 Å². The molecule has 0 saturated heterocycles. The van der Waals surface area contributed by atoms with E-state index in [9.17, 15) is 13.2 Å². The van der Waals surface area contributed by atoms with E-state index in [0.717, 1.165) is 32.5 Å². The van der Waals surface area contributed by atoms with Gasteiger partial charge in [0.15, 0.2) is 5.54 Å². The average Bonchev–Trinajstić information content (AvgIpc) is 3.49. The molecule has 6 rings (SSSR count). The lowest BCUT2D eigenvalue weighted by Crippen LogP contribution is -2.52. The zero-order valence-electron chi connectivity index (χ0n) is 24.2. The lowest BCUT2D eigenvalue weighted by Gasteiger charge is -2.28. The first-order valence-corrected chi connectivity index (χ1v) is 14.3. The van der Waals surface area contributed by atoms with E-state index in [1.165, 1.54) is 6.20 Å². The fourth-order valence-corrected chi connectivity index (χ4v) is 5.74. The Kier molecular flexibility index (Phi) is 6.90. The zero-order chi connectivity index (χ0) is 30.7. The van der Waals surface area contributed by atoms with Crippen molar-refractivity contribution in [2.24, 2.45) is 12.5 Å². The molecule has 2 aromatic carbocycles. The highest BCUT2D eigenvalue weighted by atomic mass is 35.5. The molecule has 4 N–H and O–H groups in total. The Morgan fingerprint density at radius 2 is 1.95 bits per heavy atom. The predicted molar refractivity (Wildman–Crippen MR) is 164 cm³/mol. The first kappa shape index (κ1) is 29.0. The van der Waals surface area contributed by atoms with E-state index >= 15 is 0 Å². The molecular weight excluding hydrogens is 577 g/mol. The molecule has 1 aliphatic carbocycles. The average molecular weight is 609 g/mol. The van der Waals surface area contributed by atoms with Gasteiger partial charge in [0.2, 0.25) is 0 Å². The van der Waals surface area contributed by atoms with Crippen molar-refractivity contribution < 1.29 is 13.2 Å². The lowest BCUT2D eigenvalue weighted by molar-refractivity contribution is -0.195. The van der Waals surface area contributed by atoms with Crippen molar-refractivity contribution in [2.45, 2.75) is 51.4 Å². The number of aryl methyl sites for hydroxylation is 1. The van der Waals surface area contributed by atoms with Gasteiger partial charge in [-0.15, -0.1) is 12.0 Å². The monoisotopic (exact) mass is 608 g/mol. The first-order chi connectivity index (χ1) is 20.3. The molecule has 2 aromatic heterocycles. The molecule has 1 saturated carbocycles. The van der Waals surface area contributed by atoms with Gasteiger partial charge in [-0.3, -0.25) is 14.7 Å². The third kappa shape index (κ3) is 5.19. The van der Waals surface area contributed by atoms with Gasteiger partial charge in [0.1, 0.15) is 0 Å². The van der Waals surface area contributed by atoms with Gasteiger partial charge >= 0.3 is 6.18 Å². The molecule has 43 heavy (non-hydrogen) atoms. The summed E-state index contributed by atoms with van der Waals surface area (Å²) in [5.41, 5.74) is 8.49. The number of para-hydroxylation sites is 1. The van der Waals surface area contributed by atoms with Crippen molar-refractivity contribution in [1.82, 2.24) is 30.7 Å². The number of rotatable bonds is 7. The highest BCUT2D eigenvalue weighted by Gasteiger charge is 2.67. The van der Waals surface area contributed by atoms with Crippen LogP contribution in [0.25, 0.3) is 21.8 Å². The molecule has 0 spiro atoms. The second kappa shape index (κ2) is 10.2. The number of anilines is 2.